The van der Waals surface area contributed by atoms with Crippen LogP contribution in [0, 0.1) is 5.92 Å². The SMILES string of the molecule is CCS(=O)(=O)Nc1ccc2c(c1)C(=O)N(C)C[C@@H](OC)[C@H](C)CN(C(=O)COC)[C@@H](C)CO2. The van der Waals surface area contributed by atoms with Crippen LogP contribution in [-0.2, 0) is 24.3 Å². The Morgan fingerprint density at radius 2 is 1.94 bits per heavy atom. The highest BCUT2D eigenvalue weighted by Gasteiger charge is 2.30. The maximum absolute atomic E-state index is 13.3. The predicted octanol–water partition coefficient (Wildman–Crippen LogP) is 1.43. The first-order chi connectivity index (χ1) is 15.5. The van der Waals surface area contributed by atoms with Crippen molar-refractivity contribution in [2.75, 3.05) is 58.0 Å². The van der Waals surface area contributed by atoms with Crippen molar-refractivity contribution in [1.82, 2.24) is 9.80 Å². The molecule has 0 saturated carbocycles. The molecule has 3 atom stereocenters. The van der Waals surface area contributed by atoms with Gasteiger partial charge in [-0.2, -0.15) is 0 Å². The van der Waals surface area contributed by atoms with Gasteiger partial charge in [-0.1, -0.05) is 6.92 Å². The molecule has 186 valence electrons. The smallest absolute Gasteiger partial charge is 0.257 e. The van der Waals surface area contributed by atoms with Gasteiger partial charge >= 0.3 is 0 Å². The molecule has 2 amide bonds. The molecule has 10 nitrogen and oxygen atoms in total. The van der Waals surface area contributed by atoms with Crippen LogP contribution in [0.4, 0.5) is 5.69 Å². The first-order valence-electron chi connectivity index (χ1n) is 10.9. The van der Waals surface area contributed by atoms with Crippen LogP contribution in [0.3, 0.4) is 0 Å². The molecule has 1 heterocycles. The number of amides is 2. The zero-order chi connectivity index (χ0) is 24.8. The van der Waals surface area contributed by atoms with Crippen molar-refractivity contribution in [3.8, 4) is 5.75 Å². The molecule has 11 heteroatoms. The highest BCUT2D eigenvalue weighted by atomic mass is 32.2. The van der Waals surface area contributed by atoms with Crippen molar-refractivity contribution >= 4 is 27.5 Å². The van der Waals surface area contributed by atoms with Crippen LogP contribution in [0.15, 0.2) is 18.2 Å². The standard InChI is InChI=1S/C22H35N3O7S/c1-7-33(28,29)23-17-8-9-19-18(10-17)22(27)24(4)12-20(31-6)15(2)11-25(16(3)13-32-19)21(26)14-30-5/h8-10,15-16,20,23H,7,11-14H2,1-6H3/t15-,16+,20-/m1/s1. The van der Waals surface area contributed by atoms with E-state index in [1.807, 2.05) is 13.8 Å². The summed E-state index contributed by atoms with van der Waals surface area (Å²) in [6.07, 6.45) is -0.324. The molecule has 1 aliphatic heterocycles. The number of nitrogens with one attached hydrogen (secondary N) is 1. The monoisotopic (exact) mass is 485 g/mol. The fourth-order valence-corrected chi connectivity index (χ4v) is 4.28. The first kappa shape index (κ1) is 26.9. The lowest BCUT2D eigenvalue weighted by Gasteiger charge is -2.36. The van der Waals surface area contributed by atoms with Gasteiger partial charge in [0.25, 0.3) is 5.91 Å². The number of hydrogen-bond donors (Lipinski definition) is 1. The number of anilines is 1. The van der Waals surface area contributed by atoms with E-state index >= 15 is 0 Å². The molecule has 0 unspecified atom stereocenters. The summed E-state index contributed by atoms with van der Waals surface area (Å²) >= 11 is 0. The third-order valence-corrected chi connectivity index (χ3v) is 6.99. The topological polar surface area (TPSA) is 114 Å². The minimum Gasteiger partial charge on any atom is -0.491 e. The average molecular weight is 486 g/mol. The number of fused-ring (bicyclic) bond motifs is 1. The van der Waals surface area contributed by atoms with Crippen LogP contribution in [0.2, 0.25) is 0 Å². The summed E-state index contributed by atoms with van der Waals surface area (Å²) in [5, 5.41) is 0. The van der Waals surface area contributed by atoms with Crippen LogP contribution in [0.1, 0.15) is 31.1 Å². The number of hydrogen-bond acceptors (Lipinski definition) is 7. The molecule has 0 aromatic heterocycles. The van der Waals surface area contributed by atoms with Gasteiger partial charge in [0.1, 0.15) is 19.0 Å². The second kappa shape index (κ2) is 11.7. The molecule has 0 spiro atoms. The third kappa shape index (κ3) is 7.05. The summed E-state index contributed by atoms with van der Waals surface area (Å²) in [5.74, 6) is -0.348. The van der Waals surface area contributed by atoms with Gasteiger partial charge in [0, 0.05) is 46.0 Å². The molecule has 33 heavy (non-hydrogen) atoms. The number of nitrogens with zero attached hydrogens (tertiary/aromatic N) is 2. The molecule has 0 radical (unpaired) electrons. The van der Waals surface area contributed by atoms with Crippen LogP contribution in [0.5, 0.6) is 5.75 Å². The number of carbonyl (C=O) groups excluding carboxylic acids is 2. The molecular weight excluding hydrogens is 450 g/mol. The lowest BCUT2D eigenvalue weighted by molar-refractivity contribution is -0.139. The molecule has 0 aliphatic carbocycles. The number of carbonyl (C=O) groups is 2. The molecular formula is C22H35N3O7S. The van der Waals surface area contributed by atoms with Crippen molar-refractivity contribution in [2.45, 2.75) is 32.9 Å². The Labute approximate surface area is 196 Å². The van der Waals surface area contributed by atoms with Gasteiger partial charge in [-0.05, 0) is 32.0 Å². The van der Waals surface area contributed by atoms with Gasteiger partial charge in [-0.25, -0.2) is 8.42 Å². The molecule has 1 aromatic carbocycles. The van der Waals surface area contributed by atoms with E-state index in [1.54, 1.807) is 31.2 Å². The molecule has 1 N–H and O–H groups in total. The van der Waals surface area contributed by atoms with Crippen molar-refractivity contribution < 1.29 is 32.2 Å². The summed E-state index contributed by atoms with van der Waals surface area (Å²) in [7, 11) is 1.18. The number of benzene rings is 1. The third-order valence-electron chi connectivity index (χ3n) is 5.69. The molecule has 1 aromatic rings. The predicted molar refractivity (Wildman–Crippen MR) is 125 cm³/mol. The van der Waals surface area contributed by atoms with Gasteiger partial charge in [0.05, 0.1) is 23.5 Å². The van der Waals surface area contributed by atoms with E-state index in [-0.39, 0.29) is 66.6 Å². The Balaban J connectivity index is 2.47. The second-order valence-corrected chi connectivity index (χ2v) is 10.3. The van der Waals surface area contributed by atoms with Gasteiger partial charge in [0.2, 0.25) is 15.9 Å². The zero-order valence-electron chi connectivity index (χ0n) is 20.2. The van der Waals surface area contributed by atoms with Crippen LogP contribution >= 0.6 is 0 Å². The fourth-order valence-electron chi connectivity index (χ4n) is 3.65. The molecule has 0 saturated heterocycles. The lowest BCUT2D eigenvalue weighted by Crippen LogP contribution is -2.49. The molecule has 0 fully saturated rings. The van der Waals surface area contributed by atoms with Gasteiger partial charge in [0.15, 0.2) is 0 Å². The number of likely N-dealkylation sites (N-methyl/N-ethyl adjacent to an activating group) is 1. The molecule has 2 rings (SSSR count). The van der Waals surface area contributed by atoms with Crippen molar-refractivity contribution in [2.24, 2.45) is 5.92 Å². The Hall–Kier alpha value is -2.37. The summed E-state index contributed by atoms with van der Waals surface area (Å²) in [6, 6.07) is 4.27. The van der Waals surface area contributed by atoms with E-state index in [1.165, 1.54) is 25.0 Å². The van der Waals surface area contributed by atoms with E-state index in [0.29, 0.717) is 12.3 Å². The van der Waals surface area contributed by atoms with E-state index in [4.69, 9.17) is 14.2 Å². The van der Waals surface area contributed by atoms with Crippen molar-refractivity contribution in [3.05, 3.63) is 23.8 Å². The highest BCUT2D eigenvalue weighted by Crippen LogP contribution is 2.27. The van der Waals surface area contributed by atoms with E-state index < -0.39 is 10.0 Å². The highest BCUT2D eigenvalue weighted by molar-refractivity contribution is 7.92. The number of methoxy groups -OCH3 is 2. The summed E-state index contributed by atoms with van der Waals surface area (Å²) in [5.41, 5.74) is 0.494. The fraction of sp³-hybridized carbons (Fsp3) is 0.636. The van der Waals surface area contributed by atoms with Gasteiger partial charge in [-0.3, -0.25) is 14.3 Å². The van der Waals surface area contributed by atoms with Crippen molar-refractivity contribution in [1.29, 1.82) is 0 Å². The Bertz CT molecular complexity index is 938. The first-order valence-corrected chi connectivity index (χ1v) is 12.5. The van der Waals surface area contributed by atoms with Gasteiger partial charge in [-0.15, -0.1) is 0 Å². The Morgan fingerprint density at radius 1 is 1.24 bits per heavy atom. The maximum atomic E-state index is 13.3. The van der Waals surface area contributed by atoms with Crippen molar-refractivity contribution in [3.63, 3.8) is 0 Å². The number of ether oxygens (including phenoxy) is 3. The van der Waals surface area contributed by atoms with Crippen LogP contribution < -0.4 is 9.46 Å². The van der Waals surface area contributed by atoms with E-state index in [9.17, 15) is 18.0 Å². The normalized spacial score (nSPS) is 22.6. The minimum absolute atomic E-state index is 0.0510. The van der Waals surface area contributed by atoms with Crippen LogP contribution in [-0.4, -0.2) is 95.5 Å². The molecule has 1 aliphatic rings. The quantitative estimate of drug-likeness (QED) is 0.648. The zero-order valence-corrected chi connectivity index (χ0v) is 21.0. The Kier molecular flexibility index (Phi) is 9.50. The van der Waals surface area contributed by atoms with Crippen LogP contribution in [0.25, 0.3) is 0 Å². The minimum atomic E-state index is -3.51. The summed E-state index contributed by atoms with van der Waals surface area (Å²) < 4.78 is 43.1. The number of sulfonamides is 1. The van der Waals surface area contributed by atoms with Gasteiger partial charge < -0.3 is 24.0 Å². The van der Waals surface area contributed by atoms with E-state index in [2.05, 4.69) is 4.72 Å². The summed E-state index contributed by atoms with van der Waals surface area (Å²) in [6.45, 7) is 6.14. The lowest BCUT2D eigenvalue weighted by atomic mass is 10.0. The average Bonchev–Trinajstić information content (AvgIpc) is 2.78. The maximum Gasteiger partial charge on any atom is 0.257 e. The largest absolute Gasteiger partial charge is 0.491 e. The second-order valence-electron chi connectivity index (χ2n) is 8.29. The Morgan fingerprint density at radius 3 is 2.55 bits per heavy atom. The van der Waals surface area contributed by atoms with E-state index in [0.717, 1.165) is 0 Å². The number of rotatable bonds is 6. The summed E-state index contributed by atoms with van der Waals surface area (Å²) in [4.78, 5) is 29.2. The molecule has 0 bridgehead atoms.